The first-order chi connectivity index (χ1) is 12.1. The van der Waals surface area contributed by atoms with Gasteiger partial charge in [-0.05, 0) is 58.5 Å². The molecule has 1 aliphatic heterocycles. The highest BCUT2D eigenvalue weighted by Crippen LogP contribution is 2.35. The summed E-state index contributed by atoms with van der Waals surface area (Å²) in [6, 6.07) is 15.3. The molecular formula is C19H19BrN2O2S. The molecule has 25 heavy (non-hydrogen) atoms. The first-order valence-electron chi connectivity index (χ1n) is 8.38. The predicted molar refractivity (Wildman–Crippen MR) is 103 cm³/mol. The minimum Gasteiger partial charge on any atom is -0.361 e. The molecule has 1 aromatic heterocycles. The summed E-state index contributed by atoms with van der Waals surface area (Å²) in [5.41, 5.74) is 2.44. The summed E-state index contributed by atoms with van der Waals surface area (Å²) in [6.07, 6.45) is 3.75. The van der Waals surface area contributed by atoms with E-state index in [1.54, 1.807) is 22.5 Å². The Kier molecular flexibility index (Phi) is 4.43. The highest BCUT2D eigenvalue weighted by atomic mass is 79.9. The third-order valence-electron chi connectivity index (χ3n) is 4.97. The van der Waals surface area contributed by atoms with Gasteiger partial charge in [0.15, 0.2) is 0 Å². The standard InChI is InChI=1S/C19H19BrN2O2S/c20-17-6-2-4-8-19(17)25(23,24)22-11-9-14(10-12-22)16-13-21-18-7-3-1-5-15(16)18/h1-8,13-14,21H,9-12H2. The zero-order valence-electron chi connectivity index (χ0n) is 13.7. The highest BCUT2D eigenvalue weighted by Gasteiger charge is 2.31. The number of piperidine rings is 1. The Bertz CT molecular complexity index is 1000. The van der Waals surface area contributed by atoms with Crippen molar-refractivity contribution in [2.45, 2.75) is 23.7 Å². The monoisotopic (exact) mass is 418 g/mol. The van der Waals surface area contributed by atoms with Crippen molar-refractivity contribution in [1.29, 1.82) is 0 Å². The molecule has 130 valence electrons. The number of halogens is 1. The molecule has 0 atom stereocenters. The second-order valence-corrected chi connectivity index (χ2v) is 9.16. The van der Waals surface area contributed by atoms with Crippen LogP contribution in [0, 0.1) is 0 Å². The predicted octanol–water partition coefficient (Wildman–Crippen LogP) is 4.50. The zero-order chi connectivity index (χ0) is 17.4. The van der Waals surface area contributed by atoms with Crippen LogP contribution in [0.1, 0.15) is 24.3 Å². The van der Waals surface area contributed by atoms with Gasteiger partial charge in [0.1, 0.15) is 0 Å². The summed E-state index contributed by atoms with van der Waals surface area (Å²) >= 11 is 3.36. The maximum Gasteiger partial charge on any atom is 0.244 e. The number of fused-ring (bicyclic) bond motifs is 1. The van der Waals surface area contributed by atoms with Crippen LogP contribution in [-0.4, -0.2) is 30.8 Å². The molecule has 0 radical (unpaired) electrons. The average molecular weight is 419 g/mol. The maximum atomic E-state index is 12.9. The van der Waals surface area contributed by atoms with Gasteiger partial charge in [-0.3, -0.25) is 0 Å². The number of H-pyrrole nitrogens is 1. The lowest BCUT2D eigenvalue weighted by Gasteiger charge is -2.31. The van der Waals surface area contributed by atoms with E-state index < -0.39 is 10.0 Å². The third-order valence-corrected chi connectivity index (χ3v) is 7.88. The molecule has 0 bridgehead atoms. The van der Waals surface area contributed by atoms with Gasteiger partial charge in [0.2, 0.25) is 10.0 Å². The van der Waals surface area contributed by atoms with Crippen LogP contribution in [-0.2, 0) is 10.0 Å². The lowest BCUT2D eigenvalue weighted by atomic mass is 9.90. The van der Waals surface area contributed by atoms with Gasteiger partial charge >= 0.3 is 0 Å². The largest absolute Gasteiger partial charge is 0.361 e. The van der Waals surface area contributed by atoms with Crippen LogP contribution in [0.3, 0.4) is 0 Å². The molecule has 1 saturated heterocycles. The zero-order valence-corrected chi connectivity index (χ0v) is 16.1. The van der Waals surface area contributed by atoms with E-state index >= 15 is 0 Å². The molecule has 4 nitrogen and oxygen atoms in total. The van der Waals surface area contributed by atoms with Crippen molar-refractivity contribution in [3.05, 3.63) is 64.8 Å². The lowest BCUT2D eigenvalue weighted by Crippen LogP contribution is -2.38. The Morgan fingerprint density at radius 1 is 1.00 bits per heavy atom. The van der Waals surface area contributed by atoms with E-state index in [0.717, 1.165) is 18.4 Å². The summed E-state index contributed by atoms with van der Waals surface area (Å²) in [6.45, 7) is 1.10. The van der Waals surface area contributed by atoms with Crippen molar-refractivity contribution in [3.63, 3.8) is 0 Å². The minimum atomic E-state index is -3.45. The topological polar surface area (TPSA) is 53.2 Å². The number of hydrogen-bond acceptors (Lipinski definition) is 2. The van der Waals surface area contributed by atoms with Crippen molar-refractivity contribution in [2.75, 3.05) is 13.1 Å². The fourth-order valence-electron chi connectivity index (χ4n) is 3.63. The van der Waals surface area contributed by atoms with Crippen molar-refractivity contribution < 1.29 is 8.42 Å². The number of nitrogens with zero attached hydrogens (tertiary/aromatic N) is 1. The molecular weight excluding hydrogens is 400 g/mol. The number of para-hydroxylation sites is 1. The number of sulfonamides is 1. The van der Waals surface area contributed by atoms with Crippen LogP contribution in [0.4, 0.5) is 0 Å². The van der Waals surface area contributed by atoms with E-state index in [4.69, 9.17) is 0 Å². The van der Waals surface area contributed by atoms with Crippen LogP contribution in [0.5, 0.6) is 0 Å². The Hall–Kier alpha value is -1.63. The fraction of sp³-hybridized carbons (Fsp3) is 0.263. The first-order valence-corrected chi connectivity index (χ1v) is 10.6. The van der Waals surface area contributed by atoms with E-state index in [1.165, 1.54) is 10.9 Å². The third kappa shape index (κ3) is 3.03. The van der Waals surface area contributed by atoms with Crippen molar-refractivity contribution in [3.8, 4) is 0 Å². The molecule has 0 aliphatic carbocycles. The highest BCUT2D eigenvalue weighted by molar-refractivity contribution is 9.10. The van der Waals surface area contributed by atoms with E-state index in [-0.39, 0.29) is 0 Å². The SMILES string of the molecule is O=S(=O)(c1ccccc1Br)N1CCC(c2c[nH]c3ccccc23)CC1. The first kappa shape index (κ1) is 16.8. The molecule has 0 saturated carbocycles. The number of aromatic nitrogens is 1. The molecule has 2 aromatic carbocycles. The van der Waals surface area contributed by atoms with E-state index in [9.17, 15) is 8.42 Å². The summed E-state index contributed by atoms with van der Waals surface area (Å²) in [5, 5.41) is 1.25. The summed E-state index contributed by atoms with van der Waals surface area (Å²) in [5.74, 6) is 0.391. The van der Waals surface area contributed by atoms with Gasteiger partial charge < -0.3 is 4.98 Å². The van der Waals surface area contributed by atoms with Gasteiger partial charge in [-0.1, -0.05) is 30.3 Å². The molecule has 1 aliphatic rings. The van der Waals surface area contributed by atoms with E-state index in [1.807, 2.05) is 18.2 Å². The Balaban J connectivity index is 1.55. The Morgan fingerprint density at radius 3 is 2.44 bits per heavy atom. The molecule has 2 heterocycles. The number of hydrogen-bond donors (Lipinski definition) is 1. The van der Waals surface area contributed by atoms with Crippen LogP contribution < -0.4 is 0 Å². The number of rotatable bonds is 3. The molecule has 4 rings (SSSR count). The summed E-state index contributed by atoms with van der Waals surface area (Å²) in [7, 11) is -3.45. The molecule has 1 N–H and O–H groups in total. The average Bonchev–Trinajstić information content (AvgIpc) is 3.06. The molecule has 0 amide bonds. The van der Waals surface area contributed by atoms with Gasteiger partial charge in [-0.2, -0.15) is 4.31 Å². The van der Waals surface area contributed by atoms with Gasteiger partial charge in [-0.25, -0.2) is 8.42 Å². The minimum absolute atomic E-state index is 0.348. The van der Waals surface area contributed by atoms with Gasteiger partial charge in [0.25, 0.3) is 0 Å². The van der Waals surface area contributed by atoms with Crippen LogP contribution in [0.15, 0.2) is 64.1 Å². The second-order valence-electron chi connectivity index (χ2n) is 6.40. The smallest absolute Gasteiger partial charge is 0.244 e. The Morgan fingerprint density at radius 2 is 1.68 bits per heavy atom. The van der Waals surface area contributed by atoms with Crippen molar-refractivity contribution >= 4 is 36.9 Å². The lowest BCUT2D eigenvalue weighted by molar-refractivity contribution is 0.320. The van der Waals surface area contributed by atoms with Crippen LogP contribution >= 0.6 is 15.9 Å². The molecule has 3 aromatic rings. The normalized spacial score (nSPS) is 17.2. The van der Waals surface area contributed by atoms with E-state index in [2.05, 4.69) is 39.2 Å². The Labute approximate surface area is 156 Å². The quantitative estimate of drug-likeness (QED) is 0.680. The van der Waals surface area contributed by atoms with Crippen molar-refractivity contribution in [2.24, 2.45) is 0 Å². The van der Waals surface area contributed by atoms with Gasteiger partial charge in [0.05, 0.1) is 4.90 Å². The van der Waals surface area contributed by atoms with Gasteiger partial charge in [-0.15, -0.1) is 0 Å². The van der Waals surface area contributed by atoms with Crippen molar-refractivity contribution in [1.82, 2.24) is 9.29 Å². The number of benzene rings is 2. The molecule has 0 unspecified atom stereocenters. The summed E-state index contributed by atoms with van der Waals surface area (Å²) in [4.78, 5) is 3.67. The van der Waals surface area contributed by atoms with Gasteiger partial charge in [0, 0.05) is 34.7 Å². The van der Waals surface area contributed by atoms with Crippen LogP contribution in [0.2, 0.25) is 0 Å². The number of aromatic amines is 1. The fourth-order valence-corrected chi connectivity index (χ4v) is 6.07. The van der Waals surface area contributed by atoms with E-state index in [0.29, 0.717) is 28.4 Å². The summed E-state index contributed by atoms with van der Waals surface area (Å²) < 4.78 is 28.0. The molecule has 0 spiro atoms. The molecule has 1 fully saturated rings. The maximum absolute atomic E-state index is 12.9. The molecule has 6 heteroatoms. The number of nitrogens with one attached hydrogen (secondary N) is 1. The second kappa shape index (κ2) is 6.59. The van der Waals surface area contributed by atoms with Crippen LogP contribution in [0.25, 0.3) is 10.9 Å².